The second kappa shape index (κ2) is 5.87. The van der Waals surface area contributed by atoms with Gasteiger partial charge in [0, 0.05) is 12.6 Å². The van der Waals surface area contributed by atoms with E-state index in [9.17, 15) is 9.90 Å². The van der Waals surface area contributed by atoms with Crippen LogP contribution in [-0.4, -0.2) is 23.6 Å². The molecule has 0 aliphatic heterocycles. The van der Waals surface area contributed by atoms with Gasteiger partial charge >= 0.3 is 0 Å². The molecular weight excluding hydrogens is 228 g/mol. The Morgan fingerprint density at radius 3 is 2.56 bits per heavy atom. The van der Waals surface area contributed by atoms with Gasteiger partial charge in [0.25, 0.3) is 0 Å². The van der Waals surface area contributed by atoms with Gasteiger partial charge in [0.05, 0.1) is 11.7 Å². The molecule has 0 heterocycles. The third kappa shape index (κ3) is 3.01. The predicted octanol–water partition coefficient (Wildman–Crippen LogP) is 2.04. The van der Waals surface area contributed by atoms with E-state index in [4.69, 9.17) is 5.73 Å². The number of carbonyl (C=O) groups is 1. The summed E-state index contributed by atoms with van der Waals surface area (Å²) in [4.78, 5) is 13.9. The number of hydrogen-bond donors (Lipinski definition) is 2. The molecule has 0 saturated heterocycles. The first-order valence-corrected chi connectivity index (χ1v) is 6.25. The number of nitrogens with two attached hydrogens (primary N) is 1. The fourth-order valence-corrected chi connectivity index (χ4v) is 1.80. The number of anilines is 1. The molecule has 0 unspecified atom stereocenters. The molecule has 4 nitrogen and oxygen atoms in total. The van der Waals surface area contributed by atoms with Gasteiger partial charge in [0.2, 0.25) is 5.91 Å². The zero-order valence-electron chi connectivity index (χ0n) is 11.5. The number of carbonyl (C=O) groups excluding carboxylic acids is 1. The van der Waals surface area contributed by atoms with E-state index in [1.54, 1.807) is 23.1 Å². The standard InChI is InChI=1S/C14H22N2O2/c1-5-16(14(18)13(15)9(2)3)12-8-11(17)7-6-10(12)4/h6-9,13,17H,5,15H2,1-4H3/t13-/m1/s1. The number of rotatable bonds is 4. The van der Waals surface area contributed by atoms with E-state index in [0.717, 1.165) is 11.3 Å². The molecule has 1 amide bonds. The Hall–Kier alpha value is -1.55. The van der Waals surface area contributed by atoms with E-state index in [1.807, 2.05) is 27.7 Å². The zero-order valence-corrected chi connectivity index (χ0v) is 11.5. The normalized spacial score (nSPS) is 12.6. The quantitative estimate of drug-likeness (QED) is 0.859. The van der Waals surface area contributed by atoms with Gasteiger partial charge in [-0.2, -0.15) is 0 Å². The summed E-state index contributed by atoms with van der Waals surface area (Å²) in [5.74, 6) is 0.130. The van der Waals surface area contributed by atoms with Gasteiger partial charge in [-0.05, 0) is 31.4 Å². The van der Waals surface area contributed by atoms with Crippen molar-refractivity contribution in [1.82, 2.24) is 0 Å². The van der Waals surface area contributed by atoms with Crippen LogP contribution in [-0.2, 0) is 4.79 Å². The molecule has 1 aromatic rings. The minimum absolute atomic E-state index is 0.0872. The smallest absolute Gasteiger partial charge is 0.244 e. The van der Waals surface area contributed by atoms with Crippen molar-refractivity contribution in [3.63, 3.8) is 0 Å². The minimum atomic E-state index is -0.522. The summed E-state index contributed by atoms with van der Waals surface area (Å²) in [6.45, 7) is 8.18. The number of phenols is 1. The van der Waals surface area contributed by atoms with Crippen molar-refractivity contribution in [2.45, 2.75) is 33.7 Å². The van der Waals surface area contributed by atoms with Gasteiger partial charge in [-0.15, -0.1) is 0 Å². The second-order valence-electron chi connectivity index (χ2n) is 4.82. The highest BCUT2D eigenvalue weighted by Gasteiger charge is 2.24. The molecule has 0 aliphatic carbocycles. The average molecular weight is 250 g/mol. The van der Waals surface area contributed by atoms with E-state index in [2.05, 4.69) is 0 Å². The summed E-state index contributed by atoms with van der Waals surface area (Å²) in [7, 11) is 0. The molecule has 0 bridgehead atoms. The number of benzene rings is 1. The topological polar surface area (TPSA) is 66.6 Å². The summed E-state index contributed by atoms with van der Waals surface area (Å²) < 4.78 is 0. The molecule has 3 N–H and O–H groups in total. The Morgan fingerprint density at radius 1 is 1.44 bits per heavy atom. The van der Waals surface area contributed by atoms with Crippen LogP contribution in [0.2, 0.25) is 0 Å². The maximum absolute atomic E-state index is 12.3. The fraction of sp³-hybridized carbons (Fsp3) is 0.500. The van der Waals surface area contributed by atoms with Crippen molar-refractivity contribution in [3.8, 4) is 5.75 Å². The number of likely N-dealkylation sites (N-methyl/N-ethyl adjacent to an activating group) is 1. The monoisotopic (exact) mass is 250 g/mol. The number of aryl methyl sites for hydroxylation is 1. The predicted molar refractivity (Wildman–Crippen MR) is 73.7 cm³/mol. The van der Waals surface area contributed by atoms with Crippen LogP contribution < -0.4 is 10.6 Å². The molecule has 0 fully saturated rings. The number of nitrogens with zero attached hydrogens (tertiary/aromatic N) is 1. The van der Waals surface area contributed by atoms with Crippen LogP contribution in [0.1, 0.15) is 26.3 Å². The Balaban J connectivity index is 3.10. The van der Waals surface area contributed by atoms with Crippen molar-refractivity contribution in [2.24, 2.45) is 11.7 Å². The highest BCUT2D eigenvalue weighted by Crippen LogP contribution is 2.25. The Labute approximate surface area is 108 Å². The molecule has 1 aromatic carbocycles. The van der Waals surface area contributed by atoms with Gasteiger partial charge < -0.3 is 15.7 Å². The zero-order chi connectivity index (χ0) is 13.9. The summed E-state index contributed by atoms with van der Waals surface area (Å²) in [5, 5.41) is 9.54. The van der Waals surface area contributed by atoms with Gasteiger partial charge in [-0.1, -0.05) is 19.9 Å². The first-order valence-electron chi connectivity index (χ1n) is 6.25. The highest BCUT2D eigenvalue weighted by molar-refractivity contribution is 5.98. The molecule has 18 heavy (non-hydrogen) atoms. The van der Waals surface area contributed by atoms with Crippen molar-refractivity contribution >= 4 is 11.6 Å². The molecule has 0 aromatic heterocycles. The number of amides is 1. The van der Waals surface area contributed by atoms with E-state index in [-0.39, 0.29) is 17.6 Å². The van der Waals surface area contributed by atoms with Crippen molar-refractivity contribution in [1.29, 1.82) is 0 Å². The maximum atomic E-state index is 12.3. The third-order valence-corrected chi connectivity index (χ3v) is 3.07. The summed E-state index contributed by atoms with van der Waals surface area (Å²) >= 11 is 0. The lowest BCUT2D eigenvalue weighted by molar-refractivity contribution is -0.120. The van der Waals surface area contributed by atoms with Crippen molar-refractivity contribution < 1.29 is 9.90 Å². The molecule has 100 valence electrons. The highest BCUT2D eigenvalue weighted by atomic mass is 16.3. The lowest BCUT2D eigenvalue weighted by Crippen LogP contribution is -2.46. The summed E-state index contributed by atoms with van der Waals surface area (Å²) in [6.07, 6.45) is 0. The SMILES string of the molecule is CCN(C(=O)[C@H](N)C(C)C)c1cc(O)ccc1C. The van der Waals surface area contributed by atoms with Gasteiger partial charge in [-0.25, -0.2) is 0 Å². The van der Waals surface area contributed by atoms with Crippen LogP contribution >= 0.6 is 0 Å². The number of hydrogen-bond acceptors (Lipinski definition) is 3. The van der Waals surface area contributed by atoms with Crippen LogP contribution in [0, 0.1) is 12.8 Å². The fourth-order valence-electron chi connectivity index (χ4n) is 1.80. The van der Waals surface area contributed by atoms with Gasteiger partial charge in [-0.3, -0.25) is 4.79 Å². The number of phenolic OH excluding ortho intramolecular Hbond substituents is 1. The Kier molecular flexibility index (Phi) is 4.73. The number of aromatic hydroxyl groups is 1. The third-order valence-electron chi connectivity index (χ3n) is 3.07. The van der Waals surface area contributed by atoms with E-state index >= 15 is 0 Å². The van der Waals surface area contributed by atoms with Crippen molar-refractivity contribution in [2.75, 3.05) is 11.4 Å². The molecular formula is C14H22N2O2. The summed E-state index contributed by atoms with van der Waals surface area (Å²) in [5.41, 5.74) is 7.57. The Bertz CT molecular complexity index is 430. The first kappa shape index (κ1) is 14.5. The molecule has 1 atom stereocenters. The first-order chi connectivity index (χ1) is 8.38. The average Bonchev–Trinajstić information content (AvgIpc) is 2.33. The second-order valence-corrected chi connectivity index (χ2v) is 4.82. The van der Waals surface area contributed by atoms with E-state index in [1.165, 1.54) is 0 Å². The molecule has 0 saturated carbocycles. The maximum Gasteiger partial charge on any atom is 0.244 e. The van der Waals surface area contributed by atoms with E-state index < -0.39 is 6.04 Å². The lowest BCUT2D eigenvalue weighted by Gasteiger charge is -2.27. The van der Waals surface area contributed by atoms with Gasteiger partial charge in [0.15, 0.2) is 0 Å². The van der Waals surface area contributed by atoms with Gasteiger partial charge in [0.1, 0.15) is 5.75 Å². The van der Waals surface area contributed by atoms with Crippen LogP contribution in [0.15, 0.2) is 18.2 Å². The van der Waals surface area contributed by atoms with Crippen LogP contribution in [0.25, 0.3) is 0 Å². The van der Waals surface area contributed by atoms with Crippen LogP contribution in [0.4, 0.5) is 5.69 Å². The van der Waals surface area contributed by atoms with Crippen molar-refractivity contribution in [3.05, 3.63) is 23.8 Å². The molecule has 0 aliphatic rings. The molecule has 1 rings (SSSR count). The molecule has 4 heteroatoms. The lowest BCUT2D eigenvalue weighted by atomic mass is 10.0. The van der Waals surface area contributed by atoms with E-state index in [0.29, 0.717) is 6.54 Å². The molecule has 0 radical (unpaired) electrons. The largest absolute Gasteiger partial charge is 0.508 e. The summed E-state index contributed by atoms with van der Waals surface area (Å²) in [6, 6.07) is 4.48. The minimum Gasteiger partial charge on any atom is -0.508 e. The molecule has 0 spiro atoms. The van der Waals surface area contributed by atoms with Crippen LogP contribution in [0.5, 0.6) is 5.75 Å². The van der Waals surface area contributed by atoms with Crippen LogP contribution in [0.3, 0.4) is 0 Å². The Morgan fingerprint density at radius 2 is 2.06 bits per heavy atom.